The topological polar surface area (TPSA) is 67.8 Å². The first kappa shape index (κ1) is 18.8. The fourth-order valence-corrected chi connectivity index (χ4v) is 5.79. The molecule has 150 valence electrons. The zero-order chi connectivity index (χ0) is 20.2. The predicted octanol–water partition coefficient (Wildman–Crippen LogP) is 5.57. The predicted molar refractivity (Wildman–Crippen MR) is 115 cm³/mol. The second-order valence-electron chi connectivity index (χ2n) is 7.89. The van der Waals surface area contributed by atoms with Crippen LogP contribution in [0.4, 0.5) is 5.69 Å². The largest absolute Gasteiger partial charge is 0.480 e. The van der Waals surface area contributed by atoms with E-state index in [1.165, 1.54) is 5.56 Å². The molecule has 1 saturated carbocycles. The Hall–Kier alpha value is -2.18. The molecule has 0 atom stereocenters. The Morgan fingerprint density at radius 3 is 2.52 bits per heavy atom. The molecule has 3 aliphatic rings. The quantitative estimate of drug-likeness (QED) is 0.606. The summed E-state index contributed by atoms with van der Waals surface area (Å²) < 4.78 is 12.2. The second-order valence-corrected chi connectivity index (χ2v) is 9.18. The molecule has 0 amide bonds. The molecule has 2 N–H and O–H groups in total. The van der Waals surface area contributed by atoms with Crippen molar-refractivity contribution < 1.29 is 19.4 Å². The first-order chi connectivity index (χ1) is 13.9. The van der Waals surface area contributed by atoms with Crippen molar-refractivity contribution in [3.05, 3.63) is 57.0 Å². The van der Waals surface area contributed by atoms with Crippen molar-refractivity contribution in [3.8, 4) is 11.5 Å². The van der Waals surface area contributed by atoms with Gasteiger partial charge in [-0.15, -0.1) is 0 Å². The fraction of sp³-hybridized carbons (Fsp3) is 0.318. The molecule has 0 unspecified atom stereocenters. The Morgan fingerprint density at radius 2 is 1.83 bits per heavy atom. The molecule has 0 bridgehead atoms. The van der Waals surface area contributed by atoms with Gasteiger partial charge in [-0.3, -0.25) is 0 Å². The Kier molecular flexibility index (Phi) is 4.33. The Bertz CT molecular complexity index is 1040. The number of aliphatic carboxylic acids is 1. The maximum Gasteiger partial charge on any atom is 0.329 e. The number of carboxylic acid groups (broad SMARTS) is 1. The molecule has 2 aromatic carbocycles. The lowest BCUT2D eigenvalue weighted by Crippen LogP contribution is -2.52. The van der Waals surface area contributed by atoms with Gasteiger partial charge in [-0.05, 0) is 73.2 Å². The molecule has 1 heterocycles. The number of hydrogen-bond acceptors (Lipinski definition) is 4. The summed E-state index contributed by atoms with van der Waals surface area (Å²) in [5.41, 5.74) is 1.75. The van der Waals surface area contributed by atoms with Crippen LogP contribution in [0.2, 0.25) is 5.02 Å². The summed E-state index contributed by atoms with van der Waals surface area (Å²) in [6.07, 6.45) is 4.51. The molecule has 0 radical (unpaired) electrons. The zero-order valence-corrected chi connectivity index (χ0v) is 17.8. The fourth-order valence-electron chi connectivity index (χ4n) is 4.74. The monoisotopic (exact) mass is 475 g/mol. The van der Waals surface area contributed by atoms with Gasteiger partial charge in [-0.1, -0.05) is 33.6 Å². The van der Waals surface area contributed by atoms with E-state index in [2.05, 4.69) is 33.4 Å². The molecule has 2 aliphatic carbocycles. The molecule has 1 fully saturated rings. The van der Waals surface area contributed by atoms with Gasteiger partial charge in [0.1, 0.15) is 5.54 Å². The van der Waals surface area contributed by atoms with Gasteiger partial charge >= 0.3 is 5.97 Å². The smallest absolute Gasteiger partial charge is 0.329 e. The van der Waals surface area contributed by atoms with E-state index < -0.39 is 11.5 Å². The van der Waals surface area contributed by atoms with Crippen molar-refractivity contribution in [3.63, 3.8) is 0 Å². The van der Waals surface area contributed by atoms with Crippen molar-refractivity contribution in [2.24, 2.45) is 0 Å². The Balaban J connectivity index is 1.46. The van der Waals surface area contributed by atoms with E-state index in [4.69, 9.17) is 21.1 Å². The number of rotatable bonds is 3. The summed E-state index contributed by atoms with van der Waals surface area (Å²) in [4.78, 5) is 12.3. The number of hydrogen-bond donors (Lipinski definition) is 2. The van der Waals surface area contributed by atoms with Crippen molar-refractivity contribution in [2.45, 2.75) is 36.6 Å². The van der Waals surface area contributed by atoms with Crippen molar-refractivity contribution >= 4 is 45.3 Å². The molecule has 0 aromatic heterocycles. The van der Waals surface area contributed by atoms with Gasteiger partial charge in [-0.25, -0.2) is 4.79 Å². The molecule has 0 saturated heterocycles. The highest BCUT2D eigenvalue weighted by Gasteiger charge is 2.51. The third-order valence-corrected chi connectivity index (χ3v) is 7.60. The highest BCUT2D eigenvalue weighted by molar-refractivity contribution is 9.11. The molecular formula is C22H19BrClNO4. The molecule has 5 nitrogen and oxygen atoms in total. The van der Waals surface area contributed by atoms with Crippen LogP contribution in [0, 0.1) is 0 Å². The SMILES string of the molecule is O=C(O)C1(Nc2cccc(Cl)c2)CCC2(CC1)C(Br)=Cc1cc3c(cc12)OCO3. The van der Waals surface area contributed by atoms with Crippen molar-refractivity contribution in [2.75, 3.05) is 12.1 Å². The Morgan fingerprint density at radius 1 is 1.10 bits per heavy atom. The van der Waals surface area contributed by atoms with Gasteiger partial charge in [0.05, 0.1) is 0 Å². The molecule has 29 heavy (non-hydrogen) atoms. The van der Waals surface area contributed by atoms with E-state index in [1.807, 2.05) is 18.2 Å². The Labute approximate surface area is 181 Å². The van der Waals surface area contributed by atoms with Crippen molar-refractivity contribution in [1.82, 2.24) is 0 Å². The number of fused-ring (bicyclic) bond motifs is 3. The lowest BCUT2D eigenvalue weighted by atomic mass is 9.65. The standard InChI is InChI=1S/C22H19BrClNO4/c23-19-9-13-8-17-18(29-12-28-17)11-16(13)21(19)4-6-22(7-5-21,20(26)27)25-15-3-1-2-14(24)10-15/h1-3,8-11,25H,4-7,12H2,(H,26,27). The number of allylic oxidation sites excluding steroid dienone is 1. The molecule has 1 aliphatic heterocycles. The lowest BCUT2D eigenvalue weighted by molar-refractivity contribution is -0.143. The van der Waals surface area contributed by atoms with Crippen LogP contribution in [-0.2, 0) is 10.2 Å². The third-order valence-electron chi connectivity index (χ3n) is 6.37. The highest BCUT2D eigenvalue weighted by Crippen LogP contribution is 2.57. The van der Waals surface area contributed by atoms with Crippen LogP contribution in [0.3, 0.4) is 0 Å². The number of nitrogens with one attached hydrogen (secondary N) is 1. The number of carbonyl (C=O) groups is 1. The average molecular weight is 477 g/mol. The van der Waals surface area contributed by atoms with E-state index in [0.29, 0.717) is 30.7 Å². The molecule has 7 heteroatoms. The van der Waals surface area contributed by atoms with Crippen LogP contribution >= 0.6 is 27.5 Å². The maximum atomic E-state index is 12.3. The minimum atomic E-state index is -1.03. The molecule has 5 rings (SSSR count). The van der Waals surface area contributed by atoms with Gasteiger partial charge in [0.2, 0.25) is 6.79 Å². The minimum absolute atomic E-state index is 0.231. The number of anilines is 1. The molecule has 1 spiro atoms. The van der Waals surface area contributed by atoms with Crippen LogP contribution in [0.5, 0.6) is 11.5 Å². The van der Waals surface area contributed by atoms with E-state index in [-0.39, 0.29) is 12.2 Å². The summed E-state index contributed by atoms with van der Waals surface area (Å²) >= 11 is 9.86. The first-order valence-corrected chi connectivity index (χ1v) is 10.7. The second kappa shape index (κ2) is 6.67. The minimum Gasteiger partial charge on any atom is -0.480 e. The van der Waals surface area contributed by atoms with Crippen LogP contribution in [-0.4, -0.2) is 23.4 Å². The lowest BCUT2D eigenvalue weighted by Gasteiger charge is -2.44. The maximum absolute atomic E-state index is 12.3. The van der Waals surface area contributed by atoms with Gasteiger partial charge in [0.25, 0.3) is 0 Å². The van der Waals surface area contributed by atoms with E-state index in [9.17, 15) is 9.90 Å². The number of ether oxygens (including phenoxy) is 2. The number of halogens is 2. The summed E-state index contributed by atoms with van der Waals surface area (Å²) in [5.74, 6) is 0.679. The van der Waals surface area contributed by atoms with Crippen LogP contribution < -0.4 is 14.8 Å². The zero-order valence-electron chi connectivity index (χ0n) is 15.5. The van der Waals surface area contributed by atoms with Gasteiger partial charge in [0.15, 0.2) is 11.5 Å². The van der Waals surface area contributed by atoms with E-state index >= 15 is 0 Å². The number of carboxylic acids is 1. The number of benzene rings is 2. The van der Waals surface area contributed by atoms with Gasteiger partial charge < -0.3 is 19.9 Å². The van der Waals surface area contributed by atoms with E-state index in [0.717, 1.165) is 27.2 Å². The third kappa shape index (κ3) is 2.92. The van der Waals surface area contributed by atoms with Gasteiger partial charge in [0, 0.05) is 20.6 Å². The summed E-state index contributed by atoms with van der Waals surface area (Å²) in [5, 5.41) is 13.9. The van der Waals surface area contributed by atoms with Crippen LogP contribution in [0.1, 0.15) is 36.8 Å². The summed E-state index contributed by atoms with van der Waals surface area (Å²) in [7, 11) is 0. The van der Waals surface area contributed by atoms with Crippen LogP contribution in [0.15, 0.2) is 40.9 Å². The first-order valence-electron chi connectivity index (χ1n) is 9.51. The molecule has 2 aromatic rings. The normalized spacial score (nSPS) is 26.9. The highest BCUT2D eigenvalue weighted by atomic mass is 79.9. The summed E-state index contributed by atoms with van der Waals surface area (Å²) in [6.45, 7) is 0.238. The van der Waals surface area contributed by atoms with E-state index in [1.54, 1.807) is 12.1 Å². The van der Waals surface area contributed by atoms with Gasteiger partial charge in [-0.2, -0.15) is 0 Å². The van der Waals surface area contributed by atoms with Crippen LogP contribution in [0.25, 0.3) is 6.08 Å². The summed E-state index contributed by atoms with van der Waals surface area (Å²) in [6, 6.07) is 11.3. The van der Waals surface area contributed by atoms with Crippen molar-refractivity contribution in [1.29, 1.82) is 0 Å². The molecular weight excluding hydrogens is 458 g/mol. The average Bonchev–Trinajstić information content (AvgIpc) is 3.24.